The first-order chi connectivity index (χ1) is 14.5. The van der Waals surface area contributed by atoms with Crippen molar-refractivity contribution in [2.75, 3.05) is 0 Å². The van der Waals surface area contributed by atoms with Gasteiger partial charge in [0.25, 0.3) is 11.5 Å². The fraction of sp³-hybridized carbons (Fsp3) is 0.0833. The minimum Gasteiger partial charge on any atom is -0.502 e. The van der Waals surface area contributed by atoms with Gasteiger partial charge in [-0.25, -0.2) is 4.39 Å². The van der Waals surface area contributed by atoms with E-state index in [1.807, 2.05) is 24.3 Å². The normalized spacial score (nSPS) is 10.9. The Labute approximate surface area is 172 Å². The van der Waals surface area contributed by atoms with Gasteiger partial charge in [0.2, 0.25) is 0 Å². The summed E-state index contributed by atoms with van der Waals surface area (Å²) in [6.45, 7) is 0.205. The minimum absolute atomic E-state index is 0.0385. The summed E-state index contributed by atoms with van der Waals surface area (Å²) in [5, 5.41) is 13.6. The van der Waals surface area contributed by atoms with Gasteiger partial charge in [-0.15, -0.1) is 0 Å². The monoisotopic (exact) mass is 402 g/mol. The molecule has 150 valence electrons. The van der Waals surface area contributed by atoms with E-state index in [0.717, 1.165) is 16.7 Å². The maximum absolute atomic E-state index is 13.2. The number of halogens is 1. The van der Waals surface area contributed by atoms with E-state index in [4.69, 9.17) is 0 Å². The molecule has 0 radical (unpaired) electrons. The van der Waals surface area contributed by atoms with E-state index in [1.54, 1.807) is 43.4 Å². The predicted octanol–water partition coefficient (Wildman–Crippen LogP) is 3.98. The van der Waals surface area contributed by atoms with Crippen molar-refractivity contribution in [2.24, 2.45) is 7.05 Å². The SMILES string of the molecule is Cn1c(=O)c(O)c(C(=O)NCc2cccc(-c3ccc(F)cc3)c2)c2ccccc21. The molecule has 1 aromatic heterocycles. The standard InChI is InChI=1S/C24H19FN2O3/c1-27-20-8-3-2-7-19(20)21(22(28)24(27)30)23(29)26-14-15-5-4-6-17(13-15)16-9-11-18(25)12-10-16/h2-13,28H,14H2,1H3,(H,26,29). The van der Waals surface area contributed by atoms with E-state index in [2.05, 4.69) is 5.32 Å². The Kier molecular flexibility index (Phi) is 5.06. The number of hydrogen-bond acceptors (Lipinski definition) is 3. The van der Waals surface area contributed by atoms with Crippen molar-refractivity contribution in [1.82, 2.24) is 9.88 Å². The van der Waals surface area contributed by atoms with Crippen LogP contribution in [0.2, 0.25) is 0 Å². The van der Waals surface area contributed by atoms with Crippen molar-refractivity contribution in [3.63, 3.8) is 0 Å². The van der Waals surface area contributed by atoms with Crippen LogP contribution in [0.1, 0.15) is 15.9 Å². The summed E-state index contributed by atoms with van der Waals surface area (Å²) in [6.07, 6.45) is 0. The first-order valence-electron chi connectivity index (χ1n) is 9.39. The van der Waals surface area contributed by atoms with Gasteiger partial charge < -0.3 is 15.0 Å². The summed E-state index contributed by atoms with van der Waals surface area (Å²) >= 11 is 0. The highest BCUT2D eigenvalue weighted by Crippen LogP contribution is 2.24. The second kappa shape index (κ2) is 7.83. The Bertz CT molecular complexity index is 1310. The average Bonchev–Trinajstić information content (AvgIpc) is 2.77. The van der Waals surface area contributed by atoms with Gasteiger partial charge in [-0.3, -0.25) is 9.59 Å². The zero-order valence-electron chi connectivity index (χ0n) is 16.2. The molecule has 0 aliphatic rings. The molecule has 3 aromatic carbocycles. The molecule has 0 unspecified atom stereocenters. The van der Waals surface area contributed by atoms with Crippen LogP contribution in [0.15, 0.2) is 77.6 Å². The van der Waals surface area contributed by atoms with Crippen LogP contribution in [-0.2, 0) is 13.6 Å². The van der Waals surface area contributed by atoms with Gasteiger partial charge in [0.15, 0.2) is 5.75 Å². The average molecular weight is 402 g/mol. The number of aromatic hydroxyl groups is 1. The maximum atomic E-state index is 13.2. The van der Waals surface area contributed by atoms with Crippen LogP contribution in [0.4, 0.5) is 4.39 Å². The fourth-order valence-corrected chi connectivity index (χ4v) is 3.48. The number of carbonyl (C=O) groups excluding carboxylic acids is 1. The smallest absolute Gasteiger partial charge is 0.293 e. The lowest BCUT2D eigenvalue weighted by Crippen LogP contribution is -2.27. The largest absolute Gasteiger partial charge is 0.502 e. The molecule has 0 aliphatic heterocycles. The predicted molar refractivity (Wildman–Crippen MR) is 114 cm³/mol. The van der Waals surface area contributed by atoms with Crippen LogP contribution < -0.4 is 10.9 Å². The molecule has 0 bridgehead atoms. The van der Waals surface area contributed by atoms with E-state index in [-0.39, 0.29) is 17.9 Å². The summed E-state index contributed by atoms with van der Waals surface area (Å²) in [7, 11) is 1.55. The number of hydrogen-bond donors (Lipinski definition) is 2. The number of amides is 1. The van der Waals surface area contributed by atoms with Crippen LogP contribution >= 0.6 is 0 Å². The van der Waals surface area contributed by atoms with Gasteiger partial charge in [0, 0.05) is 19.0 Å². The summed E-state index contributed by atoms with van der Waals surface area (Å²) in [6, 6.07) is 20.6. The Morgan fingerprint density at radius 2 is 1.73 bits per heavy atom. The second-order valence-electron chi connectivity index (χ2n) is 6.99. The fourth-order valence-electron chi connectivity index (χ4n) is 3.48. The Balaban J connectivity index is 1.61. The zero-order chi connectivity index (χ0) is 21.3. The summed E-state index contributed by atoms with van der Waals surface area (Å²) in [5.74, 6) is -1.41. The third kappa shape index (κ3) is 3.55. The number of carbonyl (C=O) groups is 1. The first kappa shape index (κ1) is 19.4. The lowest BCUT2D eigenvalue weighted by molar-refractivity contribution is 0.0949. The van der Waals surface area contributed by atoms with Gasteiger partial charge in [0.1, 0.15) is 5.82 Å². The molecule has 0 saturated carbocycles. The molecule has 30 heavy (non-hydrogen) atoms. The molecule has 6 heteroatoms. The Hall–Kier alpha value is -3.93. The zero-order valence-corrected chi connectivity index (χ0v) is 16.2. The van der Waals surface area contributed by atoms with E-state index < -0.39 is 17.2 Å². The molecule has 0 saturated heterocycles. The molecule has 4 aromatic rings. The molecule has 0 fully saturated rings. The van der Waals surface area contributed by atoms with Gasteiger partial charge in [-0.05, 0) is 41.0 Å². The molecule has 5 nitrogen and oxygen atoms in total. The highest BCUT2D eigenvalue weighted by Gasteiger charge is 2.20. The number of nitrogens with zero attached hydrogens (tertiary/aromatic N) is 1. The van der Waals surface area contributed by atoms with Crippen LogP contribution in [0, 0.1) is 5.82 Å². The Morgan fingerprint density at radius 3 is 2.50 bits per heavy atom. The minimum atomic E-state index is -0.628. The molecular formula is C24H19FN2O3. The quantitative estimate of drug-likeness (QED) is 0.542. The van der Waals surface area contributed by atoms with Crippen molar-refractivity contribution in [1.29, 1.82) is 0 Å². The maximum Gasteiger partial charge on any atom is 0.293 e. The number of fused-ring (bicyclic) bond motifs is 1. The number of pyridine rings is 1. The van der Waals surface area contributed by atoms with Crippen LogP contribution in [0.25, 0.3) is 22.0 Å². The van der Waals surface area contributed by atoms with E-state index in [1.165, 1.54) is 16.7 Å². The number of benzene rings is 3. The van der Waals surface area contributed by atoms with Gasteiger partial charge >= 0.3 is 0 Å². The summed E-state index contributed by atoms with van der Waals surface area (Å²) < 4.78 is 14.5. The third-order valence-electron chi connectivity index (χ3n) is 5.06. The lowest BCUT2D eigenvalue weighted by atomic mass is 10.0. The van der Waals surface area contributed by atoms with Crippen molar-refractivity contribution in [3.8, 4) is 16.9 Å². The third-order valence-corrected chi connectivity index (χ3v) is 5.06. The number of aryl methyl sites for hydroxylation is 1. The molecule has 0 atom stereocenters. The molecule has 1 amide bonds. The molecule has 2 N–H and O–H groups in total. The van der Waals surface area contributed by atoms with Crippen molar-refractivity contribution in [2.45, 2.75) is 6.54 Å². The summed E-state index contributed by atoms with van der Waals surface area (Å²) in [4.78, 5) is 25.2. The van der Waals surface area contributed by atoms with Crippen LogP contribution in [0.5, 0.6) is 5.75 Å². The lowest BCUT2D eigenvalue weighted by Gasteiger charge is -2.13. The first-order valence-corrected chi connectivity index (χ1v) is 9.39. The van der Waals surface area contributed by atoms with Gasteiger partial charge in [0.05, 0.1) is 11.1 Å². The van der Waals surface area contributed by atoms with E-state index >= 15 is 0 Å². The van der Waals surface area contributed by atoms with Gasteiger partial charge in [-0.2, -0.15) is 0 Å². The Morgan fingerprint density at radius 1 is 1.00 bits per heavy atom. The van der Waals surface area contributed by atoms with Crippen molar-refractivity contribution in [3.05, 3.63) is 100 Å². The number of nitrogens with one attached hydrogen (secondary N) is 1. The van der Waals surface area contributed by atoms with Crippen molar-refractivity contribution < 1.29 is 14.3 Å². The number of aromatic nitrogens is 1. The van der Waals surface area contributed by atoms with E-state index in [0.29, 0.717) is 10.9 Å². The van der Waals surface area contributed by atoms with E-state index in [9.17, 15) is 19.1 Å². The summed E-state index contributed by atoms with van der Waals surface area (Å²) in [5.41, 5.74) is 2.48. The number of rotatable bonds is 4. The molecule has 1 heterocycles. The number of para-hydroxylation sites is 1. The topological polar surface area (TPSA) is 71.3 Å². The van der Waals surface area contributed by atoms with Gasteiger partial charge in [-0.1, -0.05) is 48.5 Å². The van der Waals surface area contributed by atoms with Crippen LogP contribution in [-0.4, -0.2) is 15.6 Å². The molecule has 4 rings (SSSR count). The second-order valence-corrected chi connectivity index (χ2v) is 6.99. The molecule has 0 spiro atoms. The van der Waals surface area contributed by atoms with Crippen molar-refractivity contribution >= 4 is 16.8 Å². The molecule has 0 aliphatic carbocycles. The van der Waals surface area contributed by atoms with Crippen LogP contribution in [0.3, 0.4) is 0 Å². The highest BCUT2D eigenvalue weighted by atomic mass is 19.1. The highest BCUT2D eigenvalue weighted by molar-refractivity contribution is 6.08. The molecular weight excluding hydrogens is 383 g/mol.